The average molecular weight is 237 g/mol. The molecule has 4 nitrogen and oxygen atoms in total. The van der Waals surface area contributed by atoms with E-state index in [0.717, 1.165) is 22.1 Å². The molecule has 1 aromatic carbocycles. The Morgan fingerprint density at radius 3 is 2.88 bits per heavy atom. The number of aryl methyl sites for hydroxylation is 2. The molecule has 0 unspecified atom stereocenters. The number of nitrogens with zero attached hydrogens (tertiary/aromatic N) is 3. The molecule has 0 spiro atoms. The normalized spacial score (nSPS) is 10.4. The molecule has 84 valence electrons. The van der Waals surface area contributed by atoms with Gasteiger partial charge >= 0.3 is 0 Å². The lowest BCUT2D eigenvalue weighted by Crippen LogP contribution is -2.06. The average Bonchev–Trinajstić information content (AvgIpc) is 2.66. The lowest BCUT2D eigenvalue weighted by atomic mass is 10.2. The molecule has 0 aliphatic carbocycles. The molecule has 0 bridgehead atoms. The molecule has 0 aliphatic rings. The van der Waals surface area contributed by atoms with Gasteiger partial charge in [-0.25, -0.2) is 4.98 Å². The summed E-state index contributed by atoms with van der Waals surface area (Å²) in [7, 11) is 1.87. The van der Waals surface area contributed by atoms with E-state index >= 15 is 0 Å². The van der Waals surface area contributed by atoms with Gasteiger partial charge < -0.3 is 5.32 Å². The van der Waals surface area contributed by atoms with Gasteiger partial charge in [0.25, 0.3) is 0 Å². The second-order valence-corrected chi connectivity index (χ2v) is 4.02. The maximum absolute atomic E-state index is 6.03. The van der Waals surface area contributed by atoms with Crippen LogP contribution >= 0.6 is 11.6 Å². The van der Waals surface area contributed by atoms with Crippen molar-refractivity contribution in [1.29, 1.82) is 0 Å². The molecule has 5 heteroatoms. The third-order valence-electron chi connectivity index (χ3n) is 2.43. The summed E-state index contributed by atoms with van der Waals surface area (Å²) in [6, 6.07) is 5.90. The van der Waals surface area contributed by atoms with Crippen LogP contribution in [-0.2, 0) is 13.6 Å². The van der Waals surface area contributed by atoms with Crippen LogP contribution in [0.5, 0.6) is 0 Å². The van der Waals surface area contributed by atoms with Gasteiger partial charge in [0.05, 0.1) is 6.54 Å². The first-order valence-electron chi connectivity index (χ1n) is 4.99. The maximum Gasteiger partial charge on any atom is 0.145 e. The molecule has 0 saturated carbocycles. The topological polar surface area (TPSA) is 42.7 Å². The van der Waals surface area contributed by atoms with E-state index in [1.165, 1.54) is 0 Å². The second-order valence-electron chi connectivity index (χ2n) is 3.62. The van der Waals surface area contributed by atoms with Crippen LogP contribution in [0.1, 0.15) is 11.4 Å². The van der Waals surface area contributed by atoms with Crippen LogP contribution in [0.25, 0.3) is 0 Å². The van der Waals surface area contributed by atoms with E-state index in [9.17, 15) is 0 Å². The van der Waals surface area contributed by atoms with Gasteiger partial charge in [-0.3, -0.25) is 4.68 Å². The number of anilines is 1. The molecule has 1 N–H and O–H groups in total. The van der Waals surface area contributed by atoms with Crippen molar-refractivity contribution in [3.8, 4) is 0 Å². The summed E-state index contributed by atoms with van der Waals surface area (Å²) >= 11 is 6.03. The van der Waals surface area contributed by atoms with E-state index in [2.05, 4.69) is 15.4 Å². The van der Waals surface area contributed by atoms with Gasteiger partial charge in [-0.15, -0.1) is 0 Å². The van der Waals surface area contributed by atoms with Gasteiger partial charge in [0.15, 0.2) is 0 Å². The third kappa shape index (κ3) is 2.33. The summed E-state index contributed by atoms with van der Waals surface area (Å²) in [6.45, 7) is 2.62. The molecule has 16 heavy (non-hydrogen) atoms. The Morgan fingerprint density at radius 1 is 1.44 bits per heavy atom. The van der Waals surface area contributed by atoms with E-state index in [1.807, 2.05) is 32.2 Å². The van der Waals surface area contributed by atoms with Crippen LogP contribution in [-0.4, -0.2) is 14.8 Å². The molecule has 1 heterocycles. The van der Waals surface area contributed by atoms with E-state index in [4.69, 9.17) is 11.6 Å². The van der Waals surface area contributed by atoms with Gasteiger partial charge in [-0.05, 0) is 24.6 Å². The minimum absolute atomic E-state index is 0.635. The van der Waals surface area contributed by atoms with Crippen molar-refractivity contribution in [3.63, 3.8) is 0 Å². The Kier molecular flexibility index (Phi) is 3.10. The maximum atomic E-state index is 6.03. The number of benzene rings is 1. The van der Waals surface area contributed by atoms with E-state index in [1.54, 1.807) is 11.0 Å². The van der Waals surface area contributed by atoms with Gasteiger partial charge in [-0.2, -0.15) is 5.10 Å². The highest BCUT2D eigenvalue weighted by atomic mass is 35.5. The zero-order valence-corrected chi connectivity index (χ0v) is 9.99. The number of nitrogens with one attached hydrogen (secondary N) is 1. The number of halogens is 1. The van der Waals surface area contributed by atoms with Crippen LogP contribution in [0.3, 0.4) is 0 Å². The predicted molar refractivity (Wildman–Crippen MR) is 64.5 cm³/mol. The Hall–Kier alpha value is -1.55. The highest BCUT2D eigenvalue weighted by Crippen LogP contribution is 2.20. The van der Waals surface area contributed by atoms with Gasteiger partial charge in [-0.1, -0.05) is 17.7 Å². The Bertz CT molecular complexity index is 492. The molecule has 0 amide bonds. The molecular weight excluding hydrogens is 224 g/mol. The minimum atomic E-state index is 0.635. The Labute approximate surface area is 99.3 Å². The van der Waals surface area contributed by atoms with Crippen molar-refractivity contribution in [2.75, 3.05) is 5.32 Å². The standard InChI is InChI=1S/C11H13ClN4/c1-8-3-4-9(5-10(8)12)13-6-11-14-7-15-16(11)2/h3-5,7,13H,6H2,1-2H3. The third-order valence-corrected chi connectivity index (χ3v) is 2.83. The van der Waals surface area contributed by atoms with E-state index < -0.39 is 0 Å². The number of hydrogen-bond acceptors (Lipinski definition) is 3. The van der Waals surface area contributed by atoms with Crippen LogP contribution in [0.2, 0.25) is 5.02 Å². The Morgan fingerprint density at radius 2 is 2.25 bits per heavy atom. The zero-order chi connectivity index (χ0) is 11.5. The summed E-state index contributed by atoms with van der Waals surface area (Å²) in [6.07, 6.45) is 1.54. The monoisotopic (exact) mass is 236 g/mol. The number of aromatic nitrogens is 3. The SMILES string of the molecule is Cc1ccc(NCc2ncnn2C)cc1Cl. The largest absolute Gasteiger partial charge is 0.378 e. The van der Waals surface area contributed by atoms with Crippen molar-refractivity contribution in [1.82, 2.24) is 14.8 Å². The molecule has 0 fully saturated rings. The molecule has 1 aromatic heterocycles. The van der Waals surface area contributed by atoms with Crippen LogP contribution in [0, 0.1) is 6.92 Å². The molecule has 0 aliphatic heterocycles. The minimum Gasteiger partial charge on any atom is -0.378 e. The summed E-state index contributed by atoms with van der Waals surface area (Å²) in [4.78, 5) is 4.13. The summed E-state index contributed by atoms with van der Waals surface area (Å²) in [5.41, 5.74) is 2.06. The lowest BCUT2D eigenvalue weighted by molar-refractivity contribution is 0.712. The first-order valence-corrected chi connectivity index (χ1v) is 5.37. The second kappa shape index (κ2) is 4.53. The van der Waals surface area contributed by atoms with E-state index in [-0.39, 0.29) is 0 Å². The number of hydrogen-bond donors (Lipinski definition) is 1. The fraction of sp³-hybridized carbons (Fsp3) is 0.273. The smallest absolute Gasteiger partial charge is 0.145 e. The van der Waals surface area contributed by atoms with Crippen molar-refractivity contribution >= 4 is 17.3 Å². The molecule has 2 rings (SSSR count). The molecule has 0 saturated heterocycles. The fourth-order valence-electron chi connectivity index (χ4n) is 1.36. The van der Waals surface area contributed by atoms with Crippen molar-refractivity contribution in [2.45, 2.75) is 13.5 Å². The molecule has 0 atom stereocenters. The summed E-state index contributed by atoms with van der Waals surface area (Å²) < 4.78 is 1.74. The first kappa shape index (κ1) is 11.0. The summed E-state index contributed by atoms with van der Waals surface area (Å²) in [5, 5.41) is 8.01. The van der Waals surface area contributed by atoms with Crippen LogP contribution in [0.15, 0.2) is 24.5 Å². The van der Waals surface area contributed by atoms with Crippen molar-refractivity contribution < 1.29 is 0 Å². The van der Waals surface area contributed by atoms with Gasteiger partial charge in [0, 0.05) is 17.8 Å². The molecular formula is C11H13ClN4. The van der Waals surface area contributed by atoms with Crippen molar-refractivity contribution in [3.05, 3.63) is 40.9 Å². The molecule has 2 aromatic rings. The van der Waals surface area contributed by atoms with Crippen LogP contribution in [0.4, 0.5) is 5.69 Å². The quantitative estimate of drug-likeness (QED) is 0.890. The lowest BCUT2D eigenvalue weighted by Gasteiger charge is -2.07. The fourth-order valence-corrected chi connectivity index (χ4v) is 1.54. The predicted octanol–water partition coefficient (Wildman–Crippen LogP) is 2.39. The van der Waals surface area contributed by atoms with E-state index in [0.29, 0.717) is 6.54 Å². The van der Waals surface area contributed by atoms with Gasteiger partial charge in [0.2, 0.25) is 0 Å². The van der Waals surface area contributed by atoms with Gasteiger partial charge in [0.1, 0.15) is 12.2 Å². The first-order chi connectivity index (χ1) is 7.66. The zero-order valence-electron chi connectivity index (χ0n) is 9.24. The van der Waals surface area contributed by atoms with Crippen molar-refractivity contribution in [2.24, 2.45) is 7.05 Å². The number of rotatable bonds is 3. The molecule has 0 radical (unpaired) electrons. The highest BCUT2D eigenvalue weighted by molar-refractivity contribution is 6.31. The summed E-state index contributed by atoms with van der Waals surface area (Å²) in [5.74, 6) is 0.886. The Balaban J connectivity index is 2.05. The van der Waals surface area contributed by atoms with Crippen LogP contribution < -0.4 is 5.32 Å². The highest BCUT2D eigenvalue weighted by Gasteiger charge is 2.01.